The topological polar surface area (TPSA) is 237 Å². The summed E-state index contributed by atoms with van der Waals surface area (Å²) in [7, 11) is -9.90. The molecular formula is C73H142O17P2. The van der Waals surface area contributed by atoms with E-state index in [9.17, 15) is 43.2 Å². The fourth-order valence-corrected chi connectivity index (χ4v) is 12.7. The number of unbranched alkanes of at least 4 members (excludes halogenated alkanes) is 44. The quantitative estimate of drug-likeness (QED) is 0.0222. The van der Waals surface area contributed by atoms with Gasteiger partial charge < -0.3 is 33.8 Å². The van der Waals surface area contributed by atoms with Gasteiger partial charge in [-0.2, -0.15) is 0 Å². The van der Waals surface area contributed by atoms with Crippen LogP contribution < -0.4 is 0 Å². The van der Waals surface area contributed by atoms with Gasteiger partial charge in [-0.25, -0.2) is 9.13 Å². The summed E-state index contributed by atoms with van der Waals surface area (Å²) in [5.74, 6) is -1.35. The van der Waals surface area contributed by atoms with Gasteiger partial charge in [0, 0.05) is 25.7 Å². The number of rotatable bonds is 73. The zero-order valence-electron chi connectivity index (χ0n) is 59.7. The molecule has 0 saturated carbocycles. The fraction of sp³-hybridized carbons (Fsp3) is 0.945. The van der Waals surface area contributed by atoms with E-state index in [1.54, 1.807) is 0 Å². The lowest BCUT2D eigenvalue weighted by Gasteiger charge is -2.21. The molecule has 0 radical (unpaired) electrons. The van der Waals surface area contributed by atoms with E-state index in [1.165, 1.54) is 193 Å². The van der Waals surface area contributed by atoms with Gasteiger partial charge in [-0.05, 0) is 31.6 Å². The van der Waals surface area contributed by atoms with Gasteiger partial charge >= 0.3 is 39.5 Å². The Bertz CT molecular complexity index is 1770. The van der Waals surface area contributed by atoms with E-state index in [1.807, 2.05) is 0 Å². The van der Waals surface area contributed by atoms with Crippen LogP contribution in [0.2, 0.25) is 0 Å². The van der Waals surface area contributed by atoms with Crippen LogP contribution in [0.1, 0.15) is 381 Å². The highest BCUT2D eigenvalue weighted by molar-refractivity contribution is 7.47. The molecule has 0 fully saturated rings. The van der Waals surface area contributed by atoms with Crippen molar-refractivity contribution in [2.45, 2.75) is 400 Å². The number of phosphoric ester groups is 2. The van der Waals surface area contributed by atoms with E-state index in [-0.39, 0.29) is 25.7 Å². The number of phosphoric acid groups is 2. The van der Waals surface area contributed by atoms with Crippen molar-refractivity contribution in [2.24, 2.45) is 5.92 Å². The van der Waals surface area contributed by atoms with E-state index in [2.05, 4.69) is 34.6 Å². The van der Waals surface area contributed by atoms with Crippen LogP contribution in [0.5, 0.6) is 0 Å². The molecule has 3 unspecified atom stereocenters. The summed E-state index contributed by atoms with van der Waals surface area (Å²) >= 11 is 0. The molecule has 0 heterocycles. The van der Waals surface area contributed by atoms with Crippen LogP contribution in [0, 0.1) is 5.92 Å². The summed E-state index contributed by atoms with van der Waals surface area (Å²) in [6, 6.07) is 0. The number of aliphatic hydroxyl groups excluding tert-OH is 1. The summed E-state index contributed by atoms with van der Waals surface area (Å²) < 4.78 is 68.3. The maximum atomic E-state index is 13.1. The Labute approximate surface area is 562 Å². The summed E-state index contributed by atoms with van der Waals surface area (Å²) in [5.41, 5.74) is 0. The van der Waals surface area contributed by atoms with Crippen LogP contribution >= 0.6 is 15.6 Å². The molecule has 92 heavy (non-hydrogen) atoms. The Balaban J connectivity index is 5.20. The van der Waals surface area contributed by atoms with Gasteiger partial charge in [0.15, 0.2) is 12.2 Å². The SMILES string of the molecule is CCCCCCCCCCCCCCCCCCCC(=O)O[C@H](COC(=O)CCCCCCCCCCCCCCCCCC)COP(=O)(O)OC[C@@H](O)COP(=O)(O)OC[C@@H](COC(=O)CCCCCCCCC)OC(=O)CCCCCCCCCCC(C)CC. The summed E-state index contributed by atoms with van der Waals surface area (Å²) in [5, 5.41) is 10.6. The van der Waals surface area contributed by atoms with E-state index in [0.717, 1.165) is 109 Å². The highest BCUT2D eigenvalue weighted by Crippen LogP contribution is 2.45. The second kappa shape index (κ2) is 66.3. The maximum absolute atomic E-state index is 13.1. The minimum atomic E-state index is -4.95. The molecule has 0 aromatic heterocycles. The Morgan fingerprint density at radius 3 is 0.772 bits per heavy atom. The number of ether oxygens (including phenoxy) is 4. The fourth-order valence-electron chi connectivity index (χ4n) is 11.1. The van der Waals surface area contributed by atoms with Crippen molar-refractivity contribution < 1.29 is 80.2 Å². The van der Waals surface area contributed by atoms with Crippen molar-refractivity contribution in [3.63, 3.8) is 0 Å². The van der Waals surface area contributed by atoms with Gasteiger partial charge in [-0.15, -0.1) is 0 Å². The molecule has 0 saturated heterocycles. The third-order valence-corrected chi connectivity index (χ3v) is 19.3. The van der Waals surface area contributed by atoms with Crippen LogP contribution in [0.25, 0.3) is 0 Å². The van der Waals surface area contributed by atoms with Gasteiger partial charge in [0.1, 0.15) is 19.3 Å². The molecule has 0 spiro atoms. The van der Waals surface area contributed by atoms with Crippen LogP contribution in [0.15, 0.2) is 0 Å². The summed E-state index contributed by atoms with van der Waals surface area (Å²) in [6.45, 7) is 7.23. The first-order chi connectivity index (χ1) is 44.6. The molecule has 0 rings (SSSR count). The minimum Gasteiger partial charge on any atom is -0.462 e. The lowest BCUT2D eigenvalue weighted by atomic mass is 9.99. The first kappa shape index (κ1) is 90.1. The minimum absolute atomic E-state index is 0.105. The first-order valence-electron chi connectivity index (χ1n) is 38.2. The summed E-state index contributed by atoms with van der Waals surface area (Å²) in [6.07, 6.45) is 54.2. The standard InChI is InChI=1S/C73H142O17P2/c1-6-10-13-16-19-21-23-25-27-29-31-33-35-37-43-48-53-58-72(77)89-69(63-84-71(76)57-52-47-42-36-34-32-30-28-26-24-22-20-17-14-11-7-2)65-88-92(81,82)86-61-67(74)60-85-91(79,80)87-64-68(62-83-70(75)56-51-46-40-18-15-12-8-3)90-73(78)59-54-49-44-39-38-41-45-50-55-66(5)9-4/h66-69,74H,6-65H2,1-5H3,(H,79,80)(H,81,82)/t66?,67-,68+,69+/m0/s1. The molecule has 6 atom stereocenters. The molecule has 19 heteroatoms. The number of esters is 4. The molecule has 0 aromatic carbocycles. The highest BCUT2D eigenvalue weighted by Gasteiger charge is 2.30. The second-order valence-electron chi connectivity index (χ2n) is 26.6. The average Bonchev–Trinajstić information content (AvgIpc) is 1.82. The first-order valence-corrected chi connectivity index (χ1v) is 41.2. The van der Waals surface area contributed by atoms with Crippen LogP contribution in [0.4, 0.5) is 0 Å². The smallest absolute Gasteiger partial charge is 0.462 e. The molecule has 0 aromatic rings. The predicted molar refractivity (Wildman–Crippen MR) is 372 cm³/mol. The lowest BCUT2D eigenvalue weighted by molar-refractivity contribution is -0.161. The zero-order chi connectivity index (χ0) is 67.7. The molecule has 0 aliphatic heterocycles. The molecule has 546 valence electrons. The monoisotopic (exact) mass is 1350 g/mol. The van der Waals surface area contributed by atoms with Crippen LogP contribution in [-0.4, -0.2) is 96.7 Å². The third kappa shape index (κ3) is 65.4. The molecule has 0 amide bonds. The highest BCUT2D eigenvalue weighted by atomic mass is 31.2. The van der Waals surface area contributed by atoms with E-state index >= 15 is 0 Å². The van der Waals surface area contributed by atoms with Gasteiger partial charge in [-0.3, -0.25) is 37.3 Å². The predicted octanol–water partition coefficient (Wildman–Crippen LogP) is 21.3. The molecule has 0 bridgehead atoms. The number of aliphatic hydroxyl groups is 1. The summed E-state index contributed by atoms with van der Waals surface area (Å²) in [4.78, 5) is 72.6. The van der Waals surface area contributed by atoms with Gasteiger partial charge in [0.25, 0.3) is 0 Å². The van der Waals surface area contributed by atoms with Crippen LogP contribution in [-0.2, 0) is 65.4 Å². The Kier molecular flexibility index (Phi) is 64.9. The number of hydrogen-bond acceptors (Lipinski definition) is 15. The van der Waals surface area contributed by atoms with E-state index in [4.69, 9.17) is 37.0 Å². The largest absolute Gasteiger partial charge is 0.472 e. The number of carbonyl (C=O) groups excluding carboxylic acids is 4. The Hall–Kier alpha value is -1.94. The van der Waals surface area contributed by atoms with Crippen molar-refractivity contribution in [3.8, 4) is 0 Å². The van der Waals surface area contributed by atoms with Crippen molar-refractivity contribution in [3.05, 3.63) is 0 Å². The lowest BCUT2D eigenvalue weighted by Crippen LogP contribution is -2.30. The van der Waals surface area contributed by atoms with Crippen LogP contribution in [0.3, 0.4) is 0 Å². The molecule has 17 nitrogen and oxygen atoms in total. The van der Waals surface area contributed by atoms with E-state index < -0.39 is 97.5 Å². The number of carbonyl (C=O) groups is 4. The third-order valence-electron chi connectivity index (χ3n) is 17.4. The van der Waals surface area contributed by atoms with Gasteiger partial charge in [0.05, 0.1) is 26.4 Å². The molecule has 0 aliphatic rings. The normalized spacial score (nSPS) is 14.3. The zero-order valence-corrected chi connectivity index (χ0v) is 61.5. The van der Waals surface area contributed by atoms with Crippen molar-refractivity contribution in [1.29, 1.82) is 0 Å². The van der Waals surface area contributed by atoms with Gasteiger partial charge in [0.2, 0.25) is 0 Å². The molecule has 0 aliphatic carbocycles. The number of hydrogen-bond donors (Lipinski definition) is 3. The average molecular weight is 1350 g/mol. The molecule has 3 N–H and O–H groups in total. The van der Waals surface area contributed by atoms with Crippen molar-refractivity contribution in [1.82, 2.24) is 0 Å². The Morgan fingerprint density at radius 2 is 0.522 bits per heavy atom. The molecular weight excluding hydrogens is 1210 g/mol. The van der Waals surface area contributed by atoms with E-state index in [0.29, 0.717) is 25.7 Å². The second-order valence-corrected chi connectivity index (χ2v) is 29.5. The maximum Gasteiger partial charge on any atom is 0.472 e. The van der Waals surface area contributed by atoms with Crippen molar-refractivity contribution in [2.75, 3.05) is 39.6 Å². The Morgan fingerprint density at radius 1 is 0.304 bits per heavy atom. The van der Waals surface area contributed by atoms with Crippen molar-refractivity contribution >= 4 is 39.5 Å². The van der Waals surface area contributed by atoms with Gasteiger partial charge in [-0.1, -0.05) is 330 Å².